The summed E-state index contributed by atoms with van der Waals surface area (Å²) in [5, 5.41) is 21.5. The molecule has 0 saturated heterocycles. The summed E-state index contributed by atoms with van der Waals surface area (Å²) in [6, 6.07) is 5.67. The molecule has 0 bridgehead atoms. The molecule has 4 heteroatoms. The number of nitrogens with one attached hydrogen (secondary N) is 1. The Labute approximate surface area is 108 Å². The molecule has 2 unspecified atom stereocenters. The van der Waals surface area contributed by atoms with Gasteiger partial charge in [-0.15, -0.1) is 0 Å². The summed E-state index contributed by atoms with van der Waals surface area (Å²) in [4.78, 5) is 3.94. The quantitative estimate of drug-likeness (QED) is 0.853. The number of anilines is 1. The van der Waals surface area contributed by atoms with Crippen LogP contribution in [0.15, 0.2) is 18.3 Å². The second-order valence-corrected chi connectivity index (χ2v) is 4.91. The van der Waals surface area contributed by atoms with Gasteiger partial charge >= 0.3 is 0 Å². The van der Waals surface area contributed by atoms with Gasteiger partial charge in [-0.25, -0.2) is 4.98 Å². The number of nitriles is 1. The Bertz CT molecular complexity index is 427. The molecular weight excluding hydrogens is 226 g/mol. The van der Waals surface area contributed by atoms with Gasteiger partial charge in [-0.05, 0) is 36.8 Å². The van der Waals surface area contributed by atoms with Crippen molar-refractivity contribution < 1.29 is 5.11 Å². The maximum Gasteiger partial charge on any atom is 0.142 e. The maximum atomic E-state index is 9.36. The van der Waals surface area contributed by atoms with Crippen molar-refractivity contribution in [2.24, 2.45) is 11.8 Å². The molecule has 0 aromatic carbocycles. The number of aliphatic hydroxyl groups excluding tert-OH is 1. The molecule has 4 nitrogen and oxygen atoms in total. The summed E-state index contributed by atoms with van der Waals surface area (Å²) in [6.07, 6.45) is 6.43. The van der Waals surface area contributed by atoms with Crippen molar-refractivity contribution in [2.45, 2.75) is 25.7 Å². The molecule has 0 amide bonds. The van der Waals surface area contributed by atoms with Gasteiger partial charge in [0.05, 0.1) is 0 Å². The van der Waals surface area contributed by atoms with Crippen LogP contribution in [0.3, 0.4) is 0 Å². The molecule has 2 rings (SSSR count). The molecule has 1 saturated carbocycles. The number of nitrogens with zero attached hydrogens (tertiary/aromatic N) is 2. The predicted octanol–water partition coefficient (Wildman–Crippen LogP) is 2.16. The second kappa shape index (κ2) is 6.36. The topological polar surface area (TPSA) is 68.9 Å². The minimum Gasteiger partial charge on any atom is -0.396 e. The minimum absolute atomic E-state index is 0.284. The van der Waals surface area contributed by atoms with Crippen molar-refractivity contribution in [1.29, 1.82) is 5.26 Å². The van der Waals surface area contributed by atoms with E-state index in [9.17, 15) is 5.11 Å². The van der Waals surface area contributed by atoms with Crippen molar-refractivity contribution in [3.8, 4) is 6.07 Å². The van der Waals surface area contributed by atoms with E-state index in [0.29, 0.717) is 17.5 Å². The predicted molar refractivity (Wildman–Crippen MR) is 70.0 cm³/mol. The Morgan fingerprint density at radius 2 is 2.17 bits per heavy atom. The summed E-state index contributed by atoms with van der Waals surface area (Å²) in [7, 11) is 0. The minimum atomic E-state index is 0.284. The standard InChI is InChI=1S/C14H19N3O/c15-8-14-7-13(5-6-16-14)17-9-11-3-1-2-4-12(11)10-18/h5-7,11-12,18H,1-4,9-10H2,(H,16,17). The van der Waals surface area contributed by atoms with E-state index in [1.807, 2.05) is 12.1 Å². The third-order valence-electron chi connectivity index (χ3n) is 3.74. The van der Waals surface area contributed by atoms with Gasteiger partial charge in [-0.3, -0.25) is 0 Å². The highest BCUT2D eigenvalue weighted by Gasteiger charge is 2.23. The highest BCUT2D eigenvalue weighted by Crippen LogP contribution is 2.29. The Morgan fingerprint density at radius 3 is 2.89 bits per heavy atom. The molecular formula is C14H19N3O. The van der Waals surface area contributed by atoms with Crippen LogP contribution in [0.2, 0.25) is 0 Å². The SMILES string of the molecule is N#Cc1cc(NCC2CCCCC2CO)ccn1. The van der Waals surface area contributed by atoms with Crippen LogP contribution in [0.5, 0.6) is 0 Å². The van der Waals surface area contributed by atoms with E-state index in [4.69, 9.17) is 5.26 Å². The van der Waals surface area contributed by atoms with Crippen molar-refractivity contribution in [2.75, 3.05) is 18.5 Å². The van der Waals surface area contributed by atoms with Gasteiger partial charge in [0.15, 0.2) is 0 Å². The third kappa shape index (κ3) is 3.21. The lowest BCUT2D eigenvalue weighted by molar-refractivity contribution is 0.141. The molecule has 1 aromatic rings. The number of rotatable bonds is 4. The molecule has 0 spiro atoms. The first-order valence-corrected chi connectivity index (χ1v) is 6.54. The molecule has 2 N–H and O–H groups in total. The van der Waals surface area contributed by atoms with Crippen LogP contribution in [0, 0.1) is 23.2 Å². The van der Waals surface area contributed by atoms with Crippen LogP contribution >= 0.6 is 0 Å². The summed E-state index contributed by atoms with van der Waals surface area (Å²) < 4.78 is 0. The zero-order valence-electron chi connectivity index (χ0n) is 10.5. The lowest BCUT2D eigenvalue weighted by atomic mass is 9.79. The summed E-state index contributed by atoms with van der Waals surface area (Å²) in [5.41, 5.74) is 1.37. The van der Waals surface area contributed by atoms with E-state index < -0.39 is 0 Å². The number of pyridine rings is 1. The molecule has 1 aliphatic carbocycles. The fourth-order valence-corrected chi connectivity index (χ4v) is 2.64. The Balaban J connectivity index is 1.91. The molecule has 1 aliphatic rings. The van der Waals surface area contributed by atoms with Crippen LogP contribution in [-0.4, -0.2) is 23.2 Å². The van der Waals surface area contributed by atoms with Gasteiger partial charge < -0.3 is 10.4 Å². The van der Waals surface area contributed by atoms with Gasteiger partial charge in [-0.1, -0.05) is 12.8 Å². The summed E-state index contributed by atoms with van der Waals surface area (Å²) >= 11 is 0. The van der Waals surface area contributed by atoms with Crippen molar-refractivity contribution in [3.63, 3.8) is 0 Å². The summed E-state index contributed by atoms with van der Waals surface area (Å²) in [6.45, 7) is 1.15. The highest BCUT2D eigenvalue weighted by molar-refractivity contribution is 5.45. The van der Waals surface area contributed by atoms with Crippen LogP contribution in [0.25, 0.3) is 0 Å². The van der Waals surface area contributed by atoms with Crippen molar-refractivity contribution in [3.05, 3.63) is 24.0 Å². The van der Waals surface area contributed by atoms with Crippen LogP contribution < -0.4 is 5.32 Å². The van der Waals surface area contributed by atoms with Crippen LogP contribution in [0.1, 0.15) is 31.4 Å². The van der Waals surface area contributed by atoms with Crippen molar-refractivity contribution >= 4 is 5.69 Å². The van der Waals surface area contributed by atoms with E-state index >= 15 is 0 Å². The molecule has 0 aliphatic heterocycles. The zero-order chi connectivity index (χ0) is 12.8. The lowest BCUT2D eigenvalue weighted by Gasteiger charge is -2.30. The number of hydrogen-bond donors (Lipinski definition) is 2. The molecule has 96 valence electrons. The molecule has 18 heavy (non-hydrogen) atoms. The van der Waals surface area contributed by atoms with Gasteiger partial charge in [-0.2, -0.15) is 5.26 Å². The first-order valence-electron chi connectivity index (χ1n) is 6.54. The van der Waals surface area contributed by atoms with E-state index in [1.54, 1.807) is 12.3 Å². The molecule has 1 aromatic heterocycles. The van der Waals surface area contributed by atoms with Crippen molar-refractivity contribution in [1.82, 2.24) is 4.98 Å². The Hall–Kier alpha value is -1.60. The Kier molecular flexibility index (Phi) is 4.54. The Morgan fingerprint density at radius 1 is 1.39 bits per heavy atom. The number of hydrogen-bond acceptors (Lipinski definition) is 4. The first-order chi connectivity index (χ1) is 8.83. The number of aromatic nitrogens is 1. The fourth-order valence-electron chi connectivity index (χ4n) is 2.64. The van der Waals surface area contributed by atoms with Crippen LogP contribution in [0.4, 0.5) is 5.69 Å². The largest absolute Gasteiger partial charge is 0.396 e. The monoisotopic (exact) mass is 245 g/mol. The highest BCUT2D eigenvalue weighted by atomic mass is 16.3. The van der Waals surface area contributed by atoms with Gasteiger partial charge in [0.25, 0.3) is 0 Å². The second-order valence-electron chi connectivity index (χ2n) is 4.91. The fraction of sp³-hybridized carbons (Fsp3) is 0.571. The smallest absolute Gasteiger partial charge is 0.142 e. The molecule has 2 atom stereocenters. The van der Waals surface area contributed by atoms with E-state index in [0.717, 1.165) is 18.7 Å². The molecule has 1 heterocycles. The maximum absolute atomic E-state index is 9.36. The summed E-state index contributed by atoms with van der Waals surface area (Å²) in [5.74, 6) is 0.950. The van der Waals surface area contributed by atoms with Gasteiger partial charge in [0.2, 0.25) is 0 Å². The van der Waals surface area contributed by atoms with Gasteiger partial charge in [0.1, 0.15) is 11.8 Å². The van der Waals surface area contributed by atoms with E-state index in [-0.39, 0.29) is 6.61 Å². The number of aliphatic hydroxyl groups is 1. The van der Waals surface area contributed by atoms with E-state index in [1.165, 1.54) is 19.3 Å². The normalized spacial score (nSPS) is 23.3. The van der Waals surface area contributed by atoms with Crippen LogP contribution in [-0.2, 0) is 0 Å². The zero-order valence-corrected chi connectivity index (χ0v) is 10.5. The average molecular weight is 245 g/mol. The van der Waals surface area contributed by atoms with E-state index in [2.05, 4.69) is 10.3 Å². The van der Waals surface area contributed by atoms with Gasteiger partial charge in [0, 0.05) is 25.0 Å². The molecule has 1 fully saturated rings. The third-order valence-corrected chi connectivity index (χ3v) is 3.74. The lowest BCUT2D eigenvalue weighted by Crippen LogP contribution is -2.28. The molecule has 0 radical (unpaired) electrons. The average Bonchev–Trinajstić information content (AvgIpc) is 2.45. The first kappa shape index (κ1) is 12.8.